The lowest BCUT2D eigenvalue weighted by atomic mass is 9.75. The van der Waals surface area contributed by atoms with Gasteiger partial charge >= 0.3 is 0 Å². The molecule has 3 aromatic rings. The predicted molar refractivity (Wildman–Crippen MR) is 143 cm³/mol. The molecule has 2 aromatic heterocycles. The lowest BCUT2D eigenvalue weighted by molar-refractivity contribution is 0.0918. The largest absolute Gasteiger partial charge is 0.378 e. The molecule has 35 heavy (non-hydrogen) atoms. The first-order valence-electron chi connectivity index (χ1n) is 12.5. The Balaban J connectivity index is 1.44. The van der Waals surface area contributed by atoms with Gasteiger partial charge in [0, 0.05) is 61.7 Å². The van der Waals surface area contributed by atoms with Crippen molar-refractivity contribution in [1.82, 2.24) is 4.98 Å². The number of benzene rings is 1. The van der Waals surface area contributed by atoms with Crippen LogP contribution in [0.3, 0.4) is 0 Å². The van der Waals surface area contributed by atoms with E-state index in [0.29, 0.717) is 6.42 Å². The Morgan fingerprint density at radius 2 is 1.86 bits per heavy atom. The van der Waals surface area contributed by atoms with Gasteiger partial charge in [0.1, 0.15) is 0 Å². The van der Waals surface area contributed by atoms with Crippen LogP contribution >= 0.6 is 11.3 Å². The topological polar surface area (TPSA) is 71.7 Å². The van der Waals surface area contributed by atoms with Crippen LogP contribution in [0.15, 0.2) is 42.6 Å². The van der Waals surface area contributed by atoms with Crippen LogP contribution in [0.5, 0.6) is 0 Å². The highest BCUT2D eigenvalue weighted by molar-refractivity contribution is 7.19. The molecule has 0 atom stereocenters. The van der Waals surface area contributed by atoms with E-state index in [1.54, 1.807) is 11.3 Å². The smallest absolute Gasteiger partial charge is 0.173 e. The predicted octanol–water partition coefficient (Wildman–Crippen LogP) is 4.62. The number of anilines is 2. The van der Waals surface area contributed by atoms with Crippen LogP contribution in [0, 0.1) is 5.41 Å². The Kier molecular flexibility index (Phi) is 5.66. The molecule has 6 rings (SSSR count). The molecule has 7 heteroatoms. The highest BCUT2D eigenvalue weighted by Gasteiger charge is 2.37. The van der Waals surface area contributed by atoms with Gasteiger partial charge in [0.25, 0.3) is 0 Å². The lowest BCUT2D eigenvalue weighted by Crippen LogP contribution is -2.55. The molecule has 0 unspecified atom stereocenters. The van der Waals surface area contributed by atoms with E-state index in [1.807, 2.05) is 6.20 Å². The van der Waals surface area contributed by atoms with Gasteiger partial charge in [0.2, 0.25) is 0 Å². The van der Waals surface area contributed by atoms with Crippen molar-refractivity contribution in [2.75, 3.05) is 49.2 Å². The number of hydrogen-bond donors (Lipinski definition) is 1. The number of ketones is 1. The van der Waals surface area contributed by atoms with Crippen LogP contribution in [0.2, 0.25) is 0 Å². The second-order valence-corrected chi connectivity index (χ2v) is 11.8. The molecule has 2 N–H and O–H groups in total. The van der Waals surface area contributed by atoms with Gasteiger partial charge in [-0.15, -0.1) is 11.3 Å². The number of morpholine rings is 1. The number of ether oxygens (including phenoxy) is 1. The number of Topliss-reactive ketones (excluding diaryl/α,β-unsaturated/α-hetero) is 1. The summed E-state index contributed by atoms with van der Waals surface area (Å²) in [7, 11) is 0. The standard InChI is InChI=1S/C28H32N4O2S/c1-28(2)14-22-25(27(31-8-10-34-11-9-31)35-26(22)24(33)15-28)19-6-7-30-23(13-19)18-4-3-5-21(12-18)32-16-20(29)17-32/h3-7,12-13,20H,8-11,14-17,29H2,1-2H3. The Morgan fingerprint density at radius 1 is 1.06 bits per heavy atom. The number of aromatic nitrogens is 1. The Hall–Kier alpha value is -2.74. The maximum absolute atomic E-state index is 13.2. The zero-order valence-corrected chi connectivity index (χ0v) is 21.2. The summed E-state index contributed by atoms with van der Waals surface area (Å²) in [6.07, 6.45) is 3.42. The van der Waals surface area contributed by atoms with Gasteiger partial charge in [-0.2, -0.15) is 0 Å². The quantitative estimate of drug-likeness (QED) is 0.578. The monoisotopic (exact) mass is 488 g/mol. The summed E-state index contributed by atoms with van der Waals surface area (Å²) < 4.78 is 5.63. The number of carbonyl (C=O) groups is 1. The van der Waals surface area contributed by atoms with Crippen molar-refractivity contribution in [2.45, 2.75) is 32.7 Å². The minimum absolute atomic E-state index is 0.0373. The maximum Gasteiger partial charge on any atom is 0.173 e. The van der Waals surface area contributed by atoms with Crippen LogP contribution < -0.4 is 15.5 Å². The summed E-state index contributed by atoms with van der Waals surface area (Å²) in [5.74, 6) is 0.275. The molecule has 0 bridgehead atoms. The molecule has 0 amide bonds. The third-order valence-corrected chi connectivity index (χ3v) is 8.63. The maximum atomic E-state index is 13.2. The molecule has 3 aliphatic rings. The highest BCUT2D eigenvalue weighted by Crippen LogP contribution is 2.49. The van der Waals surface area contributed by atoms with E-state index >= 15 is 0 Å². The molecule has 0 saturated carbocycles. The van der Waals surface area contributed by atoms with Crippen molar-refractivity contribution in [1.29, 1.82) is 0 Å². The lowest BCUT2D eigenvalue weighted by Gasteiger charge is -2.39. The van der Waals surface area contributed by atoms with Crippen LogP contribution in [0.4, 0.5) is 10.7 Å². The molecule has 4 heterocycles. The van der Waals surface area contributed by atoms with Crippen LogP contribution in [-0.2, 0) is 11.2 Å². The molecular formula is C28H32N4O2S. The molecule has 1 aliphatic carbocycles. The Bertz CT molecular complexity index is 1270. The number of hydrogen-bond acceptors (Lipinski definition) is 7. The number of rotatable bonds is 4. The third kappa shape index (κ3) is 4.26. The van der Waals surface area contributed by atoms with Gasteiger partial charge < -0.3 is 20.3 Å². The first-order valence-corrected chi connectivity index (χ1v) is 13.3. The first kappa shape index (κ1) is 22.7. The van der Waals surface area contributed by atoms with E-state index in [0.717, 1.165) is 67.5 Å². The highest BCUT2D eigenvalue weighted by atomic mass is 32.1. The average Bonchev–Trinajstić information content (AvgIpc) is 3.21. The fourth-order valence-electron chi connectivity index (χ4n) is 5.52. The average molecular weight is 489 g/mol. The second kappa shape index (κ2) is 8.73. The molecule has 0 spiro atoms. The third-order valence-electron chi connectivity index (χ3n) is 7.30. The molecule has 0 radical (unpaired) electrons. The first-order chi connectivity index (χ1) is 16.9. The van der Waals surface area contributed by atoms with Gasteiger partial charge in [-0.25, -0.2) is 0 Å². The molecular weight excluding hydrogens is 456 g/mol. The van der Waals surface area contributed by atoms with Gasteiger partial charge in [-0.05, 0) is 47.2 Å². The fourth-order valence-corrected chi connectivity index (χ4v) is 6.85. The Labute approximate surface area is 210 Å². The van der Waals surface area contributed by atoms with Crippen molar-refractivity contribution in [3.05, 3.63) is 53.0 Å². The second-order valence-electron chi connectivity index (χ2n) is 10.8. The van der Waals surface area contributed by atoms with Crippen LogP contribution in [0.1, 0.15) is 35.5 Å². The number of fused-ring (bicyclic) bond motifs is 1. The molecule has 2 saturated heterocycles. The van der Waals surface area contributed by atoms with Crippen molar-refractivity contribution in [3.63, 3.8) is 0 Å². The van der Waals surface area contributed by atoms with E-state index in [9.17, 15) is 4.79 Å². The fraction of sp³-hybridized carbons (Fsp3) is 0.429. The van der Waals surface area contributed by atoms with Crippen LogP contribution in [-0.4, -0.2) is 56.2 Å². The summed E-state index contributed by atoms with van der Waals surface area (Å²) in [4.78, 5) is 23.5. The van der Waals surface area contributed by atoms with Gasteiger partial charge in [0.15, 0.2) is 5.78 Å². The normalized spacial score (nSPS) is 20.0. The number of nitrogens with two attached hydrogens (primary N) is 1. The molecule has 2 aliphatic heterocycles. The summed E-state index contributed by atoms with van der Waals surface area (Å²) >= 11 is 1.67. The van der Waals surface area contributed by atoms with Gasteiger partial charge in [-0.1, -0.05) is 26.0 Å². The summed E-state index contributed by atoms with van der Waals surface area (Å²) in [6.45, 7) is 9.33. The number of nitrogens with zero attached hydrogens (tertiary/aromatic N) is 3. The minimum Gasteiger partial charge on any atom is -0.378 e. The molecule has 6 nitrogen and oxygen atoms in total. The van der Waals surface area contributed by atoms with E-state index < -0.39 is 0 Å². The van der Waals surface area contributed by atoms with Gasteiger partial charge in [0.05, 0.1) is 28.8 Å². The van der Waals surface area contributed by atoms with E-state index in [-0.39, 0.29) is 17.2 Å². The number of carbonyl (C=O) groups excluding carboxylic acids is 1. The SMILES string of the molecule is CC1(C)CC(=O)c2sc(N3CCOCC3)c(-c3ccnc(-c4cccc(N5CC(N)C5)c4)c3)c2C1. The zero-order chi connectivity index (χ0) is 24.2. The van der Waals surface area contributed by atoms with E-state index in [1.165, 1.54) is 21.8 Å². The van der Waals surface area contributed by atoms with Crippen LogP contribution in [0.25, 0.3) is 22.4 Å². The van der Waals surface area contributed by atoms with Gasteiger partial charge in [-0.3, -0.25) is 9.78 Å². The van der Waals surface area contributed by atoms with E-state index in [2.05, 4.69) is 60.0 Å². The summed E-state index contributed by atoms with van der Waals surface area (Å²) in [6, 6.07) is 13.1. The number of pyridine rings is 1. The molecule has 1 aromatic carbocycles. The number of thiophene rings is 1. The minimum atomic E-state index is -0.0373. The van der Waals surface area contributed by atoms with Crippen molar-refractivity contribution < 1.29 is 9.53 Å². The summed E-state index contributed by atoms with van der Waals surface area (Å²) in [5.41, 5.74) is 12.7. The van der Waals surface area contributed by atoms with E-state index in [4.69, 9.17) is 15.5 Å². The van der Waals surface area contributed by atoms with Crippen molar-refractivity contribution in [3.8, 4) is 22.4 Å². The molecule has 182 valence electrons. The molecule has 2 fully saturated rings. The van der Waals surface area contributed by atoms with Crippen molar-refractivity contribution in [2.24, 2.45) is 11.1 Å². The van der Waals surface area contributed by atoms with Crippen molar-refractivity contribution >= 4 is 27.8 Å². The Morgan fingerprint density at radius 3 is 2.63 bits per heavy atom. The zero-order valence-electron chi connectivity index (χ0n) is 20.4. The summed E-state index contributed by atoms with van der Waals surface area (Å²) in [5, 5.41) is 1.20.